The highest BCUT2D eigenvalue weighted by Gasteiger charge is 1.98. The van der Waals surface area contributed by atoms with Crippen LogP contribution in [0.4, 0.5) is 0 Å². The third kappa shape index (κ3) is 1.53. The van der Waals surface area contributed by atoms with Gasteiger partial charge in [-0.3, -0.25) is 4.98 Å². The van der Waals surface area contributed by atoms with Gasteiger partial charge in [0.2, 0.25) is 0 Å². The van der Waals surface area contributed by atoms with E-state index in [9.17, 15) is 0 Å². The average molecular weight is 172 g/mol. The SMILES string of the molecule is NCCc1ccnc2ccccc12. The molecule has 0 atom stereocenters. The molecule has 0 aliphatic heterocycles. The molecule has 1 aromatic carbocycles. The number of fused-ring (bicyclic) bond motifs is 1. The van der Waals surface area contributed by atoms with Crippen LogP contribution in [-0.4, -0.2) is 11.5 Å². The maximum atomic E-state index is 5.53. The van der Waals surface area contributed by atoms with E-state index in [2.05, 4.69) is 11.1 Å². The van der Waals surface area contributed by atoms with Crippen molar-refractivity contribution in [3.63, 3.8) is 0 Å². The maximum absolute atomic E-state index is 5.53. The highest BCUT2D eigenvalue weighted by molar-refractivity contribution is 5.81. The Labute approximate surface area is 77.4 Å². The predicted octanol–water partition coefficient (Wildman–Crippen LogP) is 1.74. The molecule has 0 spiro atoms. The molecule has 0 unspecified atom stereocenters. The van der Waals surface area contributed by atoms with Crippen LogP contribution in [0.2, 0.25) is 0 Å². The molecule has 0 bridgehead atoms. The summed E-state index contributed by atoms with van der Waals surface area (Å²) in [7, 11) is 0. The number of benzene rings is 1. The minimum absolute atomic E-state index is 0.688. The molecule has 2 rings (SSSR count). The molecule has 2 nitrogen and oxygen atoms in total. The minimum Gasteiger partial charge on any atom is -0.330 e. The van der Waals surface area contributed by atoms with Crippen LogP contribution in [0.15, 0.2) is 36.5 Å². The summed E-state index contributed by atoms with van der Waals surface area (Å²) in [6, 6.07) is 10.2. The number of para-hydroxylation sites is 1. The average Bonchev–Trinajstić information content (AvgIpc) is 2.19. The zero-order valence-corrected chi connectivity index (χ0v) is 7.40. The van der Waals surface area contributed by atoms with E-state index in [1.807, 2.05) is 30.5 Å². The largest absolute Gasteiger partial charge is 0.330 e. The van der Waals surface area contributed by atoms with Gasteiger partial charge in [-0.15, -0.1) is 0 Å². The van der Waals surface area contributed by atoms with Crippen molar-refractivity contribution in [2.24, 2.45) is 5.73 Å². The lowest BCUT2D eigenvalue weighted by Crippen LogP contribution is -2.03. The van der Waals surface area contributed by atoms with E-state index in [0.717, 1.165) is 11.9 Å². The Kier molecular flexibility index (Phi) is 2.23. The van der Waals surface area contributed by atoms with Crippen molar-refractivity contribution in [3.8, 4) is 0 Å². The molecule has 0 saturated heterocycles. The topological polar surface area (TPSA) is 38.9 Å². The van der Waals surface area contributed by atoms with E-state index in [1.165, 1.54) is 10.9 Å². The van der Waals surface area contributed by atoms with Gasteiger partial charge in [-0.25, -0.2) is 0 Å². The summed E-state index contributed by atoms with van der Waals surface area (Å²) in [6.07, 6.45) is 2.76. The third-order valence-electron chi connectivity index (χ3n) is 2.15. The van der Waals surface area contributed by atoms with Gasteiger partial charge in [0.05, 0.1) is 5.52 Å². The van der Waals surface area contributed by atoms with Crippen LogP contribution in [0.5, 0.6) is 0 Å². The van der Waals surface area contributed by atoms with E-state index >= 15 is 0 Å². The number of nitrogens with zero attached hydrogens (tertiary/aromatic N) is 1. The van der Waals surface area contributed by atoms with Gasteiger partial charge >= 0.3 is 0 Å². The van der Waals surface area contributed by atoms with Crippen molar-refractivity contribution >= 4 is 10.9 Å². The molecule has 1 aromatic heterocycles. The zero-order valence-electron chi connectivity index (χ0n) is 7.40. The number of nitrogens with two attached hydrogens (primary N) is 1. The van der Waals surface area contributed by atoms with Crippen molar-refractivity contribution < 1.29 is 0 Å². The lowest BCUT2D eigenvalue weighted by molar-refractivity contribution is 0.975. The summed E-state index contributed by atoms with van der Waals surface area (Å²) < 4.78 is 0. The smallest absolute Gasteiger partial charge is 0.0704 e. The maximum Gasteiger partial charge on any atom is 0.0704 e. The van der Waals surface area contributed by atoms with Gasteiger partial charge < -0.3 is 5.73 Å². The van der Waals surface area contributed by atoms with Gasteiger partial charge in [-0.1, -0.05) is 18.2 Å². The first-order chi connectivity index (χ1) is 6.42. The molecule has 2 heteroatoms. The van der Waals surface area contributed by atoms with Crippen molar-refractivity contribution in [1.29, 1.82) is 0 Å². The molecule has 66 valence electrons. The summed E-state index contributed by atoms with van der Waals surface area (Å²) >= 11 is 0. The molecule has 0 aliphatic carbocycles. The Morgan fingerprint density at radius 3 is 2.85 bits per heavy atom. The molecule has 0 aliphatic rings. The number of rotatable bonds is 2. The lowest BCUT2D eigenvalue weighted by atomic mass is 10.1. The summed E-state index contributed by atoms with van der Waals surface area (Å²) in [5.74, 6) is 0. The molecule has 2 N–H and O–H groups in total. The fourth-order valence-electron chi connectivity index (χ4n) is 1.53. The van der Waals surface area contributed by atoms with Gasteiger partial charge in [0.1, 0.15) is 0 Å². The number of aromatic nitrogens is 1. The summed E-state index contributed by atoms with van der Waals surface area (Å²) in [5.41, 5.74) is 7.87. The van der Waals surface area contributed by atoms with E-state index in [-0.39, 0.29) is 0 Å². The first kappa shape index (κ1) is 8.20. The summed E-state index contributed by atoms with van der Waals surface area (Å²) in [5, 5.41) is 1.22. The third-order valence-corrected chi connectivity index (χ3v) is 2.15. The molecule has 0 radical (unpaired) electrons. The van der Waals surface area contributed by atoms with Crippen LogP contribution in [-0.2, 0) is 6.42 Å². The molecular weight excluding hydrogens is 160 g/mol. The van der Waals surface area contributed by atoms with Crippen LogP contribution >= 0.6 is 0 Å². The second kappa shape index (κ2) is 3.54. The first-order valence-electron chi connectivity index (χ1n) is 4.44. The molecule has 0 saturated carbocycles. The van der Waals surface area contributed by atoms with E-state index in [1.54, 1.807) is 0 Å². The number of hydrogen-bond acceptors (Lipinski definition) is 2. The molecular formula is C11H12N2. The van der Waals surface area contributed by atoms with Gasteiger partial charge in [0, 0.05) is 11.6 Å². The number of pyridine rings is 1. The van der Waals surface area contributed by atoms with E-state index < -0.39 is 0 Å². The summed E-state index contributed by atoms with van der Waals surface area (Å²) in [6.45, 7) is 0.688. The second-order valence-electron chi connectivity index (χ2n) is 3.03. The summed E-state index contributed by atoms with van der Waals surface area (Å²) in [4.78, 5) is 4.28. The Morgan fingerprint density at radius 2 is 2.00 bits per heavy atom. The molecule has 13 heavy (non-hydrogen) atoms. The van der Waals surface area contributed by atoms with Crippen LogP contribution in [0.25, 0.3) is 10.9 Å². The van der Waals surface area contributed by atoms with Crippen molar-refractivity contribution in [1.82, 2.24) is 4.98 Å². The van der Waals surface area contributed by atoms with Crippen molar-refractivity contribution in [2.75, 3.05) is 6.54 Å². The van der Waals surface area contributed by atoms with Crippen LogP contribution in [0.3, 0.4) is 0 Å². The van der Waals surface area contributed by atoms with Gasteiger partial charge in [0.15, 0.2) is 0 Å². The fraction of sp³-hybridized carbons (Fsp3) is 0.182. The van der Waals surface area contributed by atoms with Crippen LogP contribution in [0.1, 0.15) is 5.56 Å². The standard InChI is InChI=1S/C11H12N2/c12-7-5-9-6-8-13-11-4-2-1-3-10(9)11/h1-4,6,8H,5,7,12H2. The highest BCUT2D eigenvalue weighted by Crippen LogP contribution is 2.15. The van der Waals surface area contributed by atoms with Gasteiger partial charge in [-0.2, -0.15) is 0 Å². The molecule has 0 fully saturated rings. The quantitative estimate of drug-likeness (QED) is 0.749. The molecule has 0 amide bonds. The Hall–Kier alpha value is -1.41. The number of hydrogen-bond donors (Lipinski definition) is 1. The van der Waals surface area contributed by atoms with Crippen LogP contribution < -0.4 is 5.73 Å². The van der Waals surface area contributed by atoms with Gasteiger partial charge in [-0.05, 0) is 30.7 Å². The van der Waals surface area contributed by atoms with Crippen LogP contribution in [0, 0.1) is 0 Å². The van der Waals surface area contributed by atoms with Crippen molar-refractivity contribution in [3.05, 3.63) is 42.1 Å². The Morgan fingerprint density at radius 1 is 1.15 bits per heavy atom. The van der Waals surface area contributed by atoms with E-state index in [0.29, 0.717) is 6.54 Å². The predicted molar refractivity (Wildman–Crippen MR) is 54.5 cm³/mol. The monoisotopic (exact) mass is 172 g/mol. The lowest BCUT2D eigenvalue weighted by Gasteiger charge is -2.03. The van der Waals surface area contributed by atoms with Crippen molar-refractivity contribution in [2.45, 2.75) is 6.42 Å². The minimum atomic E-state index is 0.688. The Balaban J connectivity index is 2.61. The highest BCUT2D eigenvalue weighted by atomic mass is 14.6. The zero-order chi connectivity index (χ0) is 9.10. The Bertz CT molecular complexity index is 404. The normalized spacial score (nSPS) is 10.5. The van der Waals surface area contributed by atoms with Gasteiger partial charge in [0.25, 0.3) is 0 Å². The second-order valence-corrected chi connectivity index (χ2v) is 3.03. The molecule has 1 heterocycles. The fourth-order valence-corrected chi connectivity index (χ4v) is 1.53. The first-order valence-corrected chi connectivity index (χ1v) is 4.44. The van der Waals surface area contributed by atoms with E-state index in [4.69, 9.17) is 5.73 Å². The molecule has 2 aromatic rings.